The maximum Gasteiger partial charge on any atom is 0.514 e. The van der Waals surface area contributed by atoms with Crippen molar-refractivity contribution in [3.8, 4) is 5.75 Å². The Morgan fingerprint density at radius 3 is 2.17 bits per heavy atom. The molecule has 3 heterocycles. The summed E-state index contributed by atoms with van der Waals surface area (Å²) in [7, 11) is -4.88. The molecule has 3 fully saturated rings. The molecule has 82 heavy (non-hydrogen) atoms. The predicted molar refractivity (Wildman–Crippen MR) is 303 cm³/mol. The standard InChI is InChI=1S/C59H87NO20P2/c1-35-16-12-11-13-17-36(2)49(74-8)32-44-21-19-41(7)59(68,80-44)55(64)56(65)60-27-15-14-18-46(60)57(66)78-50(33-47(61)37(3)29-40(6)53(63)54(76-10)52(62)39(5)28-35)38(4)30-42-20-26-48(51(31-42)75-9)79-58(67)77-43-22-24-45(25-23-43)81(69,70)34-82(71,72)73/h11-13,16-17,22-25,29,35,37-39,41-42,44,46,48-51,53-54,63,68H,14-15,18-21,26-28,30-34H2,1-10H3,(H,69,70)(H2,71,72,73)/b13-11+,16-12+,36-17+,40-29+/t35-,37-,38-,39?,41?,42?,44+,46?,48-,49+,50+,51?,53?,54+,59?/m1/s1. The molecule has 1 saturated carbocycles. The monoisotopic (exact) mass is 1190 g/mol. The van der Waals surface area contributed by atoms with E-state index < -0.39 is 123 Å². The van der Waals surface area contributed by atoms with E-state index in [0.717, 1.165) is 22.6 Å². The van der Waals surface area contributed by atoms with Crippen LogP contribution in [0, 0.1) is 35.5 Å². The third-order valence-corrected chi connectivity index (χ3v) is 20.6. The summed E-state index contributed by atoms with van der Waals surface area (Å²) in [6, 6.07) is 3.38. The lowest BCUT2D eigenvalue weighted by molar-refractivity contribution is -0.265. The fraction of sp³-hybridized carbons (Fsp3) is 0.661. The second-order valence-corrected chi connectivity index (χ2v) is 27.4. The molecular formula is C59H87NO20P2. The SMILES string of the molecule is COC1CC(C[C@@H](C)[C@@H]2CC(=O)[C@H](C)/C=C(\C)C(O)[C@@H](OC)C(=O)C(C)C[C@H](C)/C=C/C=C/C=C(\C)[C@@H](OC)C[C@@H]3CCC(C)C(O)(O3)C(=O)C(=O)N3CCCCC3C(=O)O2)CC[C@H]1OC(=O)Oc1ccc(P(=O)(O)CP(=O)(O)O)cc1. The lowest BCUT2D eigenvalue weighted by Crippen LogP contribution is -2.61. The number of ketones is 3. The van der Waals surface area contributed by atoms with Crippen LogP contribution in [0.25, 0.3) is 0 Å². The minimum atomic E-state index is -4.82. The summed E-state index contributed by atoms with van der Waals surface area (Å²) in [5, 5.41) is 23.3. The summed E-state index contributed by atoms with van der Waals surface area (Å²) in [5.74, 6) is -10.4. The van der Waals surface area contributed by atoms with Gasteiger partial charge in [-0.25, -0.2) is 9.59 Å². The number of amides is 1. The molecule has 3 aliphatic heterocycles. The molecule has 8 unspecified atom stereocenters. The van der Waals surface area contributed by atoms with Crippen LogP contribution < -0.4 is 10.0 Å². The summed E-state index contributed by atoms with van der Waals surface area (Å²) in [5.41, 5.74) is 1.16. The van der Waals surface area contributed by atoms with Crippen molar-refractivity contribution in [2.45, 2.75) is 180 Å². The van der Waals surface area contributed by atoms with Gasteiger partial charge in [-0.15, -0.1) is 0 Å². The van der Waals surface area contributed by atoms with Crippen molar-refractivity contribution in [1.82, 2.24) is 4.90 Å². The fourth-order valence-electron chi connectivity index (χ4n) is 11.6. The van der Waals surface area contributed by atoms with E-state index in [-0.39, 0.29) is 60.3 Å². The normalized spacial score (nSPS) is 35.3. The highest BCUT2D eigenvalue weighted by Crippen LogP contribution is 2.54. The van der Waals surface area contributed by atoms with Gasteiger partial charge in [0.25, 0.3) is 11.7 Å². The van der Waals surface area contributed by atoms with Crippen molar-refractivity contribution in [2.75, 3.05) is 33.8 Å². The minimum Gasteiger partial charge on any atom is -0.460 e. The van der Waals surface area contributed by atoms with Crippen molar-refractivity contribution in [3.05, 3.63) is 71.9 Å². The number of carbonyl (C=O) groups is 6. The Labute approximate surface area is 481 Å². The van der Waals surface area contributed by atoms with E-state index in [2.05, 4.69) is 0 Å². The largest absolute Gasteiger partial charge is 0.514 e. The average molecular weight is 1190 g/mol. The molecule has 4 aliphatic rings. The number of fused-ring (bicyclic) bond motifs is 3. The molecule has 21 nitrogen and oxygen atoms in total. The van der Waals surface area contributed by atoms with Crippen LogP contribution in [-0.4, -0.2) is 154 Å². The van der Waals surface area contributed by atoms with Crippen molar-refractivity contribution < 1.29 is 95.9 Å². The lowest BCUT2D eigenvalue weighted by atomic mass is 9.78. The minimum absolute atomic E-state index is 0.0141. The van der Waals surface area contributed by atoms with Crippen molar-refractivity contribution >= 4 is 55.7 Å². The van der Waals surface area contributed by atoms with Crippen molar-refractivity contribution in [2.24, 2.45) is 35.5 Å². The quantitative estimate of drug-likeness (QED) is 0.0473. The molecule has 16 atom stereocenters. The van der Waals surface area contributed by atoms with Crippen molar-refractivity contribution in [3.63, 3.8) is 0 Å². The molecule has 0 aromatic heterocycles. The number of aliphatic hydroxyl groups is 2. The second-order valence-electron chi connectivity index (χ2n) is 23.0. The zero-order valence-corrected chi connectivity index (χ0v) is 50.7. The van der Waals surface area contributed by atoms with E-state index in [1.54, 1.807) is 40.9 Å². The number of benzene rings is 1. The van der Waals surface area contributed by atoms with Crippen molar-refractivity contribution in [1.29, 1.82) is 0 Å². The van der Waals surface area contributed by atoms with Crippen LogP contribution in [0.15, 0.2) is 71.9 Å². The van der Waals surface area contributed by atoms with Gasteiger partial charge in [-0.05, 0) is 131 Å². The topological polar surface area (TPSA) is 306 Å². The second kappa shape index (κ2) is 30.5. The van der Waals surface area contributed by atoms with Gasteiger partial charge in [0.15, 0.2) is 5.78 Å². The first-order valence-electron chi connectivity index (χ1n) is 28.4. The fourth-order valence-corrected chi connectivity index (χ4v) is 14.8. The summed E-state index contributed by atoms with van der Waals surface area (Å²) >= 11 is 0. The molecule has 2 saturated heterocycles. The van der Waals surface area contributed by atoms with Crippen LogP contribution in [0.1, 0.15) is 126 Å². The summed E-state index contributed by atoms with van der Waals surface area (Å²) < 4.78 is 64.6. The zero-order chi connectivity index (χ0) is 60.9. The van der Waals surface area contributed by atoms with E-state index in [4.69, 9.17) is 33.2 Å². The van der Waals surface area contributed by atoms with Gasteiger partial charge in [-0.2, -0.15) is 0 Å². The molecule has 23 heteroatoms. The van der Waals surface area contributed by atoms with Gasteiger partial charge in [-0.1, -0.05) is 71.1 Å². The van der Waals surface area contributed by atoms with E-state index in [0.29, 0.717) is 63.4 Å². The van der Waals surface area contributed by atoms with Crippen LogP contribution in [-0.2, 0) is 61.5 Å². The number of hydrogen-bond donors (Lipinski definition) is 5. The number of nitrogens with zero attached hydrogens (tertiary/aromatic N) is 1. The van der Waals surface area contributed by atoms with Crippen LogP contribution in [0.2, 0.25) is 0 Å². The van der Waals surface area contributed by atoms with E-state index in [9.17, 15) is 62.8 Å². The highest BCUT2D eigenvalue weighted by atomic mass is 31.2. The third-order valence-electron chi connectivity index (χ3n) is 16.5. The maximum absolute atomic E-state index is 14.6. The Hall–Kier alpha value is -4.50. The number of esters is 1. The van der Waals surface area contributed by atoms with Crippen LogP contribution in [0.5, 0.6) is 5.75 Å². The molecule has 5 rings (SSSR count). The Bertz CT molecular complexity index is 2610. The third kappa shape index (κ3) is 18.7. The molecule has 1 aromatic carbocycles. The number of aliphatic hydroxyl groups excluding tert-OH is 1. The molecule has 0 spiro atoms. The number of hydrogen-bond acceptors (Lipinski definition) is 17. The summed E-state index contributed by atoms with van der Waals surface area (Å²) in [6.45, 7) is 12.4. The Kier molecular flexibility index (Phi) is 25.4. The predicted octanol–water partition coefficient (Wildman–Crippen LogP) is 7.43. The molecule has 0 radical (unpaired) electrons. The number of ether oxygens (including phenoxy) is 7. The number of rotatable bonds is 11. The molecular weight excluding hydrogens is 1100 g/mol. The lowest BCUT2D eigenvalue weighted by Gasteiger charge is -2.42. The first-order valence-corrected chi connectivity index (χ1v) is 32.0. The van der Waals surface area contributed by atoms with Gasteiger partial charge >= 0.3 is 19.7 Å². The number of allylic oxidation sites excluding steroid dienone is 6. The van der Waals surface area contributed by atoms with Crippen LogP contribution >= 0.6 is 15.0 Å². The van der Waals surface area contributed by atoms with Gasteiger partial charge in [-0.3, -0.25) is 28.3 Å². The first kappa shape index (κ1) is 68.3. The number of cyclic esters (lactones) is 1. The molecule has 2 bridgehead atoms. The van der Waals surface area contributed by atoms with Gasteiger partial charge in [0, 0.05) is 63.8 Å². The van der Waals surface area contributed by atoms with Crippen LogP contribution in [0.4, 0.5) is 4.79 Å². The zero-order valence-electron chi connectivity index (χ0n) is 49.0. The summed E-state index contributed by atoms with van der Waals surface area (Å²) in [6.07, 6.45) is 7.66. The number of Topliss-reactive ketones (excluding diaryl/α,β-unsaturated/α-hetero) is 3. The molecule has 1 aromatic rings. The summed E-state index contributed by atoms with van der Waals surface area (Å²) in [4.78, 5) is 114. The number of piperidine rings is 1. The van der Waals surface area contributed by atoms with E-state index in [1.165, 1.54) is 26.4 Å². The first-order chi connectivity index (χ1) is 38.5. The van der Waals surface area contributed by atoms with E-state index >= 15 is 0 Å². The van der Waals surface area contributed by atoms with Gasteiger partial charge in [0.2, 0.25) is 13.2 Å². The Morgan fingerprint density at radius 2 is 1.52 bits per heavy atom. The smallest absolute Gasteiger partial charge is 0.460 e. The maximum atomic E-state index is 14.6. The Morgan fingerprint density at radius 1 is 0.829 bits per heavy atom. The van der Waals surface area contributed by atoms with E-state index in [1.807, 2.05) is 51.2 Å². The van der Waals surface area contributed by atoms with Gasteiger partial charge < -0.3 is 63.0 Å². The molecule has 458 valence electrons. The highest BCUT2D eigenvalue weighted by molar-refractivity contribution is 7.77. The Balaban J connectivity index is 1.40. The highest BCUT2D eigenvalue weighted by Gasteiger charge is 2.53. The van der Waals surface area contributed by atoms with Crippen LogP contribution in [0.3, 0.4) is 0 Å². The van der Waals surface area contributed by atoms with Gasteiger partial charge in [0.1, 0.15) is 47.9 Å². The average Bonchev–Trinajstić information content (AvgIpc) is 3.40. The molecule has 1 aliphatic carbocycles. The number of methoxy groups -OCH3 is 3. The van der Waals surface area contributed by atoms with Gasteiger partial charge in [0.05, 0.1) is 18.3 Å². The molecule has 1 amide bonds. The molecule has 5 N–H and O–H groups in total. The number of carbonyl (C=O) groups excluding carboxylic acids is 6.